The number of phosphoric ester groups is 3. The monoisotopic (exact) mass is 420 g/mol. The molecule has 0 spiro atoms. The van der Waals surface area contributed by atoms with Gasteiger partial charge in [0.25, 0.3) is 0 Å². The van der Waals surface area contributed by atoms with Gasteiger partial charge in [0.1, 0.15) is 36.6 Å². The Morgan fingerprint density at radius 3 is 1.08 bits per heavy atom. The summed E-state index contributed by atoms with van der Waals surface area (Å²) >= 11 is 0. The Labute approximate surface area is 133 Å². The molecule has 1 fully saturated rings. The number of hydrogen-bond donors (Lipinski definition) is 9. The lowest BCUT2D eigenvalue weighted by molar-refractivity contribution is -0.212. The lowest BCUT2D eigenvalue weighted by atomic mass is 9.85. The van der Waals surface area contributed by atoms with Crippen LogP contribution in [0.5, 0.6) is 0 Å². The zero-order chi connectivity index (χ0) is 19.1. The highest BCUT2D eigenvalue weighted by Gasteiger charge is 2.56. The molecule has 144 valence electrons. The van der Waals surface area contributed by atoms with Gasteiger partial charge in [0.05, 0.1) is 0 Å². The smallest absolute Gasteiger partial charge is 0.387 e. The Hall–Kier alpha value is 0.210. The van der Waals surface area contributed by atoms with Gasteiger partial charge in [-0.15, -0.1) is 0 Å². The van der Waals surface area contributed by atoms with Crippen molar-refractivity contribution in [3.63, 3.8) is 0 Å². The number of phosphoric acid groups is 3. The zero-order valence-electron chi connectivity index (χ0n) is 11.3. The summed E-state index contributed by atoms with van der Waals surface area (Å²) in [6, 6.07) is 0. The largest absolute Gasteiger partial charge is 0.470 e. The molecule has 0 aromatic rings. The minimum absolute atomic E-state index is 2.32. The molecule has 0 aromatic heterocycles. The maximum absolute atomic E-state index is 10.9. The Bertz CT molecular complexity index is 574. The molecular formula is C6H15O15P3. The van der Waals surface area contributed by atoms with E-state index in [0.29, 0.717) is 0 Å². The number of rotatable bonds is 6. The second kappa shape index (κ2) is 7.45. The van der Waals surface area contributed by atoms with Crippen LogP contribution in [-0.2, 0) is 27.3 Å². The maximum Gasteiger partial charge on any atom is 0.470 e. The van der Waals surface area contributed by atoms with Crippen molar-refractivity contribution in [2.45, 2.75) is 36.6 Å². The summed E-state index contributed by atoms with van der Waals surface area (Å²) in [4.78, 5) is 52.4. The molecule has 0 radical (unpaired) electrons. The average Bonchev–Trinajstić information content (AvgIpc) is 2.32. The van der Waals surface area contributed by atoms with Gasteiger partial charge >= 0.3 is 23.5 Å². The van der Waals surface area contributed by atoms with Crippen LogP contribution < -0.4 is 0 Å². The fourth-order valence-corrected chi connectivity index (χ4v) is 3.70. The molecule has 3 unspecified atom stereocenters. The molecule has 1 aliphatic rings. The van der Waals surface area contributed by atoms with Crippen molar-refractivity contribution in [2.24, 2.45) is 0 Å². The van der Waals surface area contributed by atoms with Gasteiger partial charge in [0, 0.05) is 0 Å². The highest BCUT2D eigenvalue weighted by atomic mass is 31.2. The molecule has 1 aliphatic carbocycles. The van der Waals surface area contributed by atoms with Gasteiger partial charge < -0.3 is 44.7 Å². The van der Waals surface area contributed by atoms with Crippen molar-refractivity contribution in [2.75, 3.05) is 0 Å². The molecule has 9 N–H and O–H groups in total. The van der Waals surface area contributed by atoms with Crippen molar-refractivity contribution in [1.82, 2.24) is 0 Å². The minimum atomic E-state index is -5.43. The fraction of sp³-hybridized carbons (Fsp3) is 1.00. The quantitative estimate of drug-likeness (QED) is 0.189. The molecule has 0 saturated heterocycles. The molecule has 18 heteroatoms. The minimum Gasteiger partial charge on any atom is -0.387 e. The molecule has 0 heterocycles. The van der Waals surface area contributed by atoms with E-state index in [0.717, 1.165) is 0 Å². The Kier molecular flexibility index (Phi) is 6.90. The first-order chi connectivity index (χ1) is 10.5. The van der Waals surface area contributed by atoms with Crippen molar-refractivity contribution in [1.29, 1.82) is 0 Å². The molecule has 0 bridgehead atoms. The molecule has 0 amide bonds. The lowest BCUT2D eigenvalue weighted by Crippen LogP contribution is -2.65. The van der Waals surface area contributed by atoms with Crippen LogP contribution in [0.2, 0.25) is 0 Å². The normalized spacial score (nSPS) is 35.9. The maximum atomic E-state index is 10.9. The third kappa shape index (κ3) is 6.50. The standard InChI is InChI=1S/C6H15O15P3/c7-1-2(8)5(20-23(13,14)15)6(21-24(16,17)18)3(9)4(1)19-22(10,11)12/h1-9H,(H2,10,11,12)(H2,13,14,15)(H2,16,17,18)/t1-,2+,3-,4?,5?,6?/m0/s1. The molecule has 0 aromatic carbocycles. The number of aliphatic hydroxyl groups excluding tert-OH is 3. The van der Waals surface area contributed by atoms with Crippen LogP contribution in [0.1, 0.15) is 0 Å². The molecule has 24 heavy (non-hydrogen) atoms. The summed E-state index contributed by atoms with van der Waals surface area (Å²) in [7, 11) is -16.2. The van der Waals surface area contributed by atoms with Gasteiger partial charge in [-0.3, -0.25) is 13.6 Å². The molecule has 1 saturated carbocycles. The van der Waals surface area contributed by atoms with Crippen molar-refractivity contribution < 1.29 is 71.9 Å². The van der Waals surface area contributed by atoms with E-state index >= 15 is 0 Å². The van der Waals surface area contributed by atoms with E-state index in [4.69, 9.17) is 29.4 Å². The summed E-state index contributed by atoms with van der Waals surface area (Å²) in [5.74, 6) is 0. The second-order valence-electron chi connectivity index (χ2n) is 4.65. The summed E-state index contributed by atoms with van der Waals surface area (Å²) in [6.45, 7) is 0. The molecule has 0 aliphatic heterocycles. The Morgan fingerprint density at radius 1 is 0.500 bits per heavy atom. The van der Waals surface area contributed by atoms with E-state index < -0.39 is 60.1 Å². The molecule has 15 nitrogen and oxygen atoms in total. The molecule has 1 rings (SSSR count). The van der Waals surface area contributed by atoms with Gasteiger partial charge in [-0.1, -0.05) is 0 Å². The molecule has 6 atom stereocenters. The number of aliphatic hydroxyl groups is 3. The van der Waals surface area contributed by atoms with E-state index in [2.05, 4.69) is 13.6 Å². The average molecular weight is 420 g/mol. The predicted molar refractivity (Wildman–Crippen MR) is 68.8 cm³/mol. The topological polar surface area (TPSA) is 261 Å². The summed E-state index contributed by atoms with van der Waals surface area (Å²) in [5.41, 5.74) is 0. The van der Waals surface area contributed by atoms with Gasteiger partial charge in [0.15, 0.2) is 0 Å². The predicted octanol–water partition coefficient (Wildman–Crippen LogP) is -3.48. The van der Waals surface area contributed by atoms with E-state index in [9.17, 15) is 29.0 Å². The van der Waals surface area contributed by atoms with Gasteiger partial charge in [-0.05, 0) is 0 Å². The van der Waals surface area contributed by atoms with Crippen molar-refractivity contribution >= 4 is 23.5 Å². The van der Waals surface area contributed by atoms with Crippen LogP contribution >= 0.6 is 23.5 Å². The van der Waals surface area contributed by atoms with Crippen LogP contribution in [0.4, 0.5) is 0 Å². The molecular weight excluding hydrogens is 405 g/mol. The van der Waals surface area contributed by atoms with E-state index in [1.165, 1.54) is 0 Å². The zero-order valence-corrected chi connectivity index (χ0v) is 14.0. The van der Waals surface area contributed by atoms with Gasteiger partial charge in [-0.25, -0.2) is 13.7 Å². The highest BCUT2D eigenvalue weighted by molar-refractivity contribution is 7.46. The van der Waals surface area contributed by atoms with Crippen LogP contribution in [0.15, 0.2) is 0 Å². The summed E-state index contributed by atoms with van der Waals surface area (Å²) in [5, 5.41) is 29.3. The third-order valence-electron chi connectivity index (χ3n) is 2.80. The van der Waals surface area contributed by atoms with Crippen LogP contribution in [0.25, 0.3) is 0 Å². The first kappa shape index (κ1) is 22.3. The second-order valence-corrected chi connectivity index (χ2v) is 8.23. The van der Waals surface area contributed by atoms with Gasteiger partial charge in [0.2, 0.25) is 0 Å². The lowest BCUT2D eigenvalue weighted by Gasteiger charge is -2.44. The third-order valence-corrected chi connectivity index (χ3v) is 4.35. The van der Waals surface area contributed by atoms with E-state index in [1.54, 1.807) is 0 Å². The van der Waals surface area contributed by atoms with Gasteiger partial charge in [-0.2, -0.15) is 0 Å². The van der Waals surface area contributed by atoms with Crippen LogP contribution in [-0.4, -0.2) is 81.3 Å². The van der Waals surface area contributed by atoms with E-state index in [-0.39, 0.29) is 0 Å². The summed E-state index contributed by atoms with van der Waals surface area (Å²) < 4.78 is 44.7. The Balaban J connectivity index is 3.23. The first-order valence-corrected chi connectivity index (χ1v) is 10.4. The summed E-state index contributed by atoms with van der Waals surface area (Å²) in [6.07, 6.45) is -14.3. The first-order valence-electron chi connectivity index (χ1n) is 5.78. The highest BCUT2D eigenvalue weighted by Crippen LogP contribution is 2.49. The van der Waals surface area contributed by atoms with Crippen molar-refractivity contribution in [3.8, 4) is 0 Å². The van der Waals surface area contributed by atoms with Crippen LogP contribution in [0, 0.1) is 0 Å². The number of hydrogen-bond acceptors (Lipinski definition) is 9. The Morgan fingerprint density at radius 2 is 0.750 bits per heavy atom. The SMILES string of the molecule is O=P(O)(O)OC1C(OP(=O)(O)O)[C@H](O)[C@H](O)C(OP(=O)(O)O)[C@@H]1O. The van der Waals surface area contributed by atoms with E-state index in [1.807, 2.05) is 0 Å². The fourth-order valence-electron chi connectivity index (χ4n) is 2.01. The van der Waals surface area contributed by atoms with Crippen molar-refractivity contribution in [3.05, 3.63) is 0 Å². The van der Waals surface area contributed by atoms with Crippen LogP contribution in [0.3, 0.4) is 0 Å².